The second-order valence-electron chi connectivity index (χ2n) is 9.20. The SMILES string of the molecule is FC(F)(F)c1nc(-c2cccc(C(NCC3(c4nc(-c5ccccc5)cs4)CCOCC3)C(F)(F)F)c2)no1. The van der Waals surface area contributed by atoms with Crippen LogP contribution in [-0.2, 0) is 16.3 Å². The van der Waals surface area contributed by atoms with Gasteiger partial charge in [0.1, 0.15) is 11.0 Å². The summed E-state index contributed by atoms with van der Waals surface area (Å²) in [6.45, 7) is 0.730. The van der Waals surface area contributed by atoms with E-state index in [9.17, 15) is 26.3 Å². The van der Waals surface area contributed by atoms with Crippen LogP contribution in [0.25, 0.3) is 22.6 Å². The lowest BCUT2D eigenvalue weighted by Gasteiger charge is -2.37. The number of alkyl halides is 6. The molecule has 0 radical (unpaired) electrons. The number of rotatable bonds is 7. The van der Waals surface area contributed by atoms with Crippen molar-refractivity contribution >= 4 is 11.3 Å². The second-order valence-corrected chi connectivity index (χ2v) is 10.1. The molecule has 4 aromatic rings. The number of benzene rings is 2. The summed E-state index contributed by atoms with van der Waals surface area (Å²) >= 11 is 1.40. The molecule has 2 aromatic carbocycles. The van der Waals surface area contributed by atoms with Crippen molar-refractivity contribution in [1.82, 2.24) is 20.4 Å². The molecule has 2 aromatic heterocycles. The first kappa shape index (κ1) is 27.3. The molecule has 1 fully saturated rings. The van der Waals surface area contributed by atoms with Gasteiger partial charge in [0.05, 0.1) is 5.69 Å². The summed E-state index contributed by atoms with van der Waals surface area (Å²) in [5.74, 6) is -2.03. The minimum Gasteiger partial charge on any atom is -0.381 e. The Labute approximate surface area is 223 Å². The molecule has 39 heavy (non-hydrogen) atoms. The Balaban J connectivity index is 1.42. The molecule has 5 rings (SSSR count). The Hall–Kier alpha value is -3.29. The number of thiazole rings is 1. The summed E-state index contributed by atoms with van der Waals surface area (Å²) in [6.07, 6.45) is -8.60. The number of hydrogen-bond donors (Lipinski definition) is 1. The minimum absolute atomic E-state index is 0.0315. The summed E-state index contributed by atoms with van der Waals surface area (Å²) in [4.78, 5) is 8.07. The lowest BCUT2D eigenvalue weighted by molar-refractivity contribution is -0.159. The second kappa shape index (κ2) is 10.7. The number of nitrogens with one attached hydrogen (secondary N) is 1. The van der Waals surface area contributed by atoms with Crippen molar-refractivity contribution in [2.24, 2.45) is 0 Å². The third-order valence-electron chi connectivity index (χ3n) is 6.60. The van der Waals surface area contributed by atoms with Crippen molar-refractivity contribution in [1.29, 1.82) is 0 Å². The van der Waals surface area contributed by atoms with Gasteiger partial charge in [0.15, 0.2) is 0 Å². The fraction of sp³-hybridized carbons (Fsp3) is 0.346. The molecule has 1 aliphatic heterocycles. The van der Waals surface area contributed by atoms with E-state index >= 15 is 0 Å². The van der Waals surface area contributed by atoms with E-state index in [1.54, 1.807) is 0 Å². The van der Waals surface area contributed by atoms with Crippen LogP contribution in [0.4, 0.5) is 26.3 Å². The van der Waals surface area contributed by atoms with E-state index in [-0.39, 0.29) is 17.7 Å². The molecule has 206 valence electrons. The van der Waals surface area contributed by atoms with Gasteiger partial charge in [-0.05, 0) is 24.5 Å². The molecule has 1 aliphatic rings. The Bertz CT molecular complexity index is 1400. The maximum absolute atomic E-state index is 14.3. The van der Waals surface area contributed by atoms with E-state index < -0.39 is 35.5 Å². The van der Waals surface area contributed by atoms with E-state index in [0.29, 0.717) is 26.1 Å². The Morgan fingerprint density at radius 3 is 2.31 bits per heavy atom. The molecule has 0 aliphatic carbocycles. The molecule has 0 bridgehead atoms. The van der Waals surface area contributed by atoms with Gasteiger partial charge in [-0.1, -0.05) is 53.7 Å². The van der Waals surface area contributed by atoms with Gasteiger partial charge in [0.2, 0.25) is 5.82 Å². The molecular formula is C26H22F6N4O2S. The van der Waals surface area contributed by atoms with E-state index in [1.807, 2.05) is 35.7 Å². The lowest BCUT2D eigenvalue weighted by atomic mass is 9.80. The van der Waals surface area contributed by atoms with Crippen LogP contribution < -0.4 is 5.32 Å². The summed E-state index contributed by atoms with van der Waals surface area (Å²) < 4.78 is 91.3. The van der Waals surface area contributed by atoms with Crippen molar-refractivity contribution in [3.8, 4) is 22.6 Å². The maximum atomic E-state index is 14.3. The quantitative estimate of drug-likeness (QED) is 0.247. The largest absolute Gasteiger partial charge is 0.471 e. The molecule has 6 nitrogen and oxygen atoms in total. The molecule has 0 saturated carbocycles. The third-order valence-corrected chi connectivity index (χ3v) is 7.68. The molecule has 1 N–H and O–H groups in total. The van der Waals surface area contributed by atoms with Crippen LogP contribution >= 0.6 is 11.3 Å². The first-order valence-corrected chi connectivity index (χ1v) is 12.8. The predicted molar refractivity (Wildman–Crippen MR) is 131 cm³/mol. The molecule has 3 heterocycles. The minimum atomic E-state index is -4.87. The van der Waals surface area contributed by atoms with Gasteiger partial charge in [-0.25, -0.2) is 4.98 Å². The van der Waals surface area contributed by atoms with Crippen LogP contribution in [0.3, 0.4) is 0 Å². The van der Waals surface area contributed by atoms with Gasteiger partial charge in [0.25, 0.3) is 0 Å². The maximum Gasteiger partial charge on any atom is 0.471 e. The van der Waals surface area contributed by atoms with E-state index in [2.05, 4.69) is 20.0 Å². The third kappa shape index (κ3) is 5.99. The normalized spacial score (nSPS) is 16.8. The number of aromatic nitrogens is 3. The van der Waals surface area contributed by atoms with Gasteiger partial charge in [-0.3, -0.25) is 0 Å². The molecule has 1 atom stereocenters. The first-order valence-electron chi connectivity index (χ1n) is 12.0. The average molecular weight is 569 g/mol. The predicted octanol–water partition coefficient (Wildman–Crippen LogP) is 6.82. The summed E-state index contributed by atoms with van der Waals surface area (Å²) in [7, 11) is 0. The fourth-order valence-corrected chi connectivity index (χ4v) is 5.61. The highest BCUT2D eigenvalue weighted by atomic mass is 32.1. The zero-order chi connectivity index (χ0) is 27.7. The van der Waals surface area contributed by atoms with Crippen molar-refractivity contribution < 1.29 is 35.6 Å². The van der Waals surface area contributed by atoms with Crippen LogP contribution in [0.5, 0.6) is 0 Å². The van der Waals surface area contributed by atoms with Crippen LogP contribution in [-0.4, -0.2) is 41.1 Å². The zero-order valence-electron chi connectivity index (χ0n) is 20.2. The highest BCUT2D eigenvalue weighted by Crippen LogP contribution is 2.40. The Morgan fingerprint density at radius 1 is 0.923 bits per heavy atom. The topological polar surface area (TPSA) is 73.1 Å². The van der Waals surface area contributed by atoms with E-state index in [1.165, 1.54) is 29.5 Å². The lowest BCUT2D eigenvalue weighted by Crippen LogP contribution is -2.46. The number of ether oxygens (including phenoxy) is 1. The zero-order valence-corrected chi connectivity index (χ0v) is 21.0. The summed E-state index contributed by atoms with van der Waals surface area (Å²) in [5, 5.41) is 8.58. The molecule has 1 saturated heterocycles. The molecule has 0 spiro atoms. The van der Waals surface area contributed by atoms with Crippen molar-refractivity contribution in [2.75, 3.05) is 19.8 Å². The van der Waals surface area contributed by atoms with Gasteiger partial charge in [-0.2, -0.15) is 31.3 Å². The van der Waals surface area contributed by atoms with Crippen molar-refractivity contribution in [2.45, 2.75) is 36.7 Å². The monoisotopic (exact) mass is 568 g/mol. The highest BCUT2D eigenvalue weighted by Gasteiger charge is 2.44. The van der Waals surface area contributed by atoms with Crippen LogP contribution in [0.15, 0.2) is 64.5 Å². The van der Waals surface area contributed by atoms with Crippen molar-refractivity contribution in [3.05, 3.63) is 76.4 Å². The van der Waals surface area contributed by atoms with Crippen LogP contribution in [0.1, 0.15) is 35.3 Å². The molecule has 1 unspecified atom stereocenters. The smallest absolute Gasteiger partial charge is 0.381 e. The standard InChI is InChI=1S/C26H22F6N4O2S/c27-25(28,29)20(17-7-4-8-18(13-17)21-35-22(38-36-21)26(30,31)32)33-15-24(9-11-37-12-10-24)23-34-19(14-39-23)16-5-2-1-3-6-16/h1-8,13-14,20,33H,9-12,15H2. The summed E-state index contributed by atoms with van der Waals surface area (Å²) in [6, 6.07) is 12.4. The van der Waals surface area contributed by atoms with Gasteiger partial charge >= 0.3 is 18.2 Å². The van der Waals surface area contributed by atoms with Gasteiger partial charge in [0, 0.05) is 41.7 Å². The highest BCUT2D eigenvalue weighted by molar-refractivity contribution is 7.10. The fourth-order valence-electron chi connectivity index (χ4n) is 4.52. The number of halogens is 6. The first-order chi connectivity index (χ1) is 18.6. The van der Waals surface area contributed by atoms with E-state index in [0.717, 1.165) is 22.3 Å². The number of hydrogen-bond acceptors (Lipinski definition) is 7. The number of nitrogens with zero attached hydrogens (tertiary/aromatic N) is 3. The molecule has 13 heteroatoms. The molecular weight excluding hydrogens is 546 g/mol. The van der Waals surface area contributed by atoms with Gasteiger partial charge in [-0.15, -0.1) is 11.3 Å². The van der Waals surface area contributed by atoms with E-state index in [4.69, 9.17) is 9.72 Å². The van der Waals surface area contributed by atoms with Crippen LogP contribution in [0.2, 0.25) is 0 Å². The van der Waals surface area contributed by atoms with Gasteiger partial charge < -0.3 is 14.6 Å². The Kier molecular flexibility index (Phi) is 7.49. The average Bonchev–Trinajstić information content (AvgIpc) is 3.61. The molecule has 0 amide bonds. The Morgan fingerprint density at radius 2 is 1.64 bits per heavy atom. The van der Waals surface area contributed by atoms with Crippen molar-refractivity contribution in [3.63, 3.8) is 0 Å². The van der Waals surface area contributed by atoms with Crippen LogP contribution in [0, 0.1) is 0 Å². The summed E-state index contributed by atoms with van der Waals surface area (Å²) in [5.41, 5.74) is 0.752.